The van der Waals surface area contributed by atoms with E-state index in [1.165, 1.54) is 127 Å². The first-order valence-corrected chi connectivity index (χ1v) is 24.8. The fraction of sp³-hybridized carbons (Fsp3) is 0.500. The average Bonchev–Trinajstić information content (AvgIpc) is 3.19. The summed E-state index contributed by atoms with van der Waals surface area (Å²) >= 11 is 0. The van der Waals surface area contributed by atoms with Crippen molar-refractivity contribution in [2.24, 2.45) is 0 Å². The normalized spacial score (nSPS) is 11.3. The molecule has 0 spiro atoms. The Hall–Kier alpha value is -2.84. The van der Waals surface area contributed by atoms with Crippen LogP contribution in [0.5, 0.6) is 34.5 Å². The van der Waals surface area contributed by atoms with Crippen molar-refractivity contribution in [3.8, 4) is 34.5 Å². The van der Waals surface area contributed by atoms with Crippen LogP contribution in [0.4, 0.5) is 0 Å². The molecule has 0 aliphatic rings. The Morgan fingerprint density at radius 3 is 1.30 bits per heavy atom. The van der Waals surface area contributed by atoms with Crippen molar-refractivity contribution >= 4 is 58.0 Å². The SMILES string of the molecule is CCCCCCCCCCCCc1ccccc1Oc1cc(O)cc(S(=O)(=O)O)c1.CCCCCCCCCCCCc1ccccc1Oc1cc([O-])cc(S(=O)(=O)[O-])c1.[Ca+2]. The second-order valence-electron chi connectivity index (χ2n) is 15.5. The maximum atomic E-state index is 11.7. The van der Waals surface area contributed by atoms with Crippen molar-refractivity contribution in [2.75, 3.05) is 0 Å². The van der Waals surface area contributed by atoms with Crippen LogP contribution in [-0.4, -0.2) is 68.8 Å². The molecule has 0 fully saturated rings. The molecule has 0 amide bonds. The van der Waals surface area contributed by atoms with Crippen LogP contribution in [0.2, 0.25) is 0 Å². The quantitative estimate of drug-likeness (QED) is 0.0317. The Kier molecular flexibility index (Phi) is 27.0. The Balaban J connectivity index is 0.000000413. The van der Waals surface area contributed by atoms with Gasteiger partial charge >= 0.3 is 37.7 Å². The van der Waals surface area contributed by atoms with Crippen LogP contribution < -0.4 is 14.6 Å². The monoisotopic (exact) mass is 906 g/mol. The Bertz CT molecular complexity index is 1910. The molecule has 0 saturated carbocycles. The molecule has 0 saturated heterocycles. The van der Waals surface area contributed by atoms with Crippen LogP contribution in [0.1, 0.15) is 153 Å². The van der Waals surface area contributed by atoms with Crippen LogP contribution in [-0.2, 0) is 33.1 Å². The summed E-state index contributed by atoms with van der Waals surface area (Å²) in [4.78, 5) is -0.971. The minimum absolute atomic E-state index is 0. The van der Waals surface area contributed by atoms with Gasteiger partial charge in [0.2, 0.25) is 0 Å². The number of hydrogen-bond acceptors (Lipinski definition) is 9. The first-order chi connectivity index (χ1) is 28.8. The summed E-state index contributed by atoms with van der Waals surface area (Å²) < 4.78 is 77.2. The van der Waals surface area contributed by atoms with Gasteiger partial charge < -0.3 is 24.2 Å². The standard InChI is InChI=1S/2C24H34O5S.Ca/c2*1-2-3-4-5-6-7-8-9-10-11-14-20-15-12-13-16-24(20)29-22-17-21(25)18-23(19-22)30(26,27)28;/h2*12-13,15-19,25H,2-11,14H2,1H3,(H,26,27,28);/q;;+2/p-2. The molecular weight excluding hydrogens is 841 g/mol. The number of aryl methyl sites for hydroxylation is 2. The van der Waals surface area contributed by atoms with Crippen molar-refractivity contribution in [2.45, 2.75) is 165 Å². The van der Waals surface area contributed by atoms with Gasteiger partial charge in [-0.15, -0.1) is 5.75 Å². The molecule has 0 bridgehead atoms. The summed E-state index contributed by atoms with van der Waals surface area (Å²) in [6.45, 7) is 4.47. The second kappa shape index (κ2) is 30.3. The van der Waals surface area contributed by atoms with E-state index in [0.29, 0.717) is 11.5 Å². The van der Waals surface area contributed by atoms with Crippen LogP contribution in [0.15, 0.2) is 94.7 Å². The van der Waals surface area contributed by atoms with Gasteiger partial charge in [0.15, 0.2) is 0 Å². The summed E-state index contributed by atoms with van der Waals surface area (Å²) in [6, 6.07) is 21.7. The number of ether oxygens (including phenoxy) is 2. The zero-order valence-corrected chi connectivity index (χ0v) is 40.2. The zero-order chi connectivity index (χ0) is 43.6. The number of phenols is 1. The fourth-order valence-electron chi connectivity index (χ4n) is 6.99. The number of unbranched alkanes of at least 4 members (excludes halogenated alkanes) is 18. The van der Waals surface area contributed by atoms with E-state index in [1.54, 1.807) is 6.07 Å². The third-order valence-corrected chi connectivity index (χ3v) is 11.9. The van der Waals surface area contributed by atoms with E-state index in [2.05, 4.69) is 13.8 Å². The minimum atomic E-state index is -4.71. The molecule has 4 rings (SSSR count). The van der Waals surface area contributed by atoms with E-state index >= 15 is 0 Å². The van der Waals surface area contributed by atoms with Crippen LogP contribution in [0, 0.1) is 0 Å². The molecule has 0 atom stereocenters. The van der Waals surface area contributed by atoms with Gasteiger partial charge in [0.1, 0.15) is 43.8 Å². The maximum Gasteiger partial charge on any atom is 2.00 e. The summed E-state index contributed by atoms with van der Waals surface area (Å²) in [5, 5.41) is 21.5. The van der Waals surface area contributed by atoms with E-state index in [9.17, 15) is 36.2 Å². The summed E-state index contributed by atoms with van der Waals surface area (Å²) in [5.41, 5.74) is 2.04. The van der Waals surface area contributed by atoms with Gasteiger partial charge in [0, 0.05) is 18.2 Å². The number of benzene rings is 4. The average molecular weight is 907 g/mol. The zero-order valence-electron chi connectivity index (χ0n) is 36.3. The molecule has 0 aliphatic heterocycles. The molecule has 10 nitrogen and oxygen atoms in total. The van der Waals surface area contributed by atoms with Crippen LogP contribution >= 0.6 is 0 Å². The third-order valence-electron chi connectivity index (χ3n) is 10.3. The van der Waals surface area contributed by atoms with Gasteiger partial charge in [-0.25, -0.2) is 8.42 Å². The largest absolute Gasteiger partial charge is 2.00 e. The van der Waals surface area contributed by atoms with Gasteiger partial charge in [-0.05, 0) is 61.1 Å². The predicted molar refractivity (Wildman–Crippen MR) is 242 cm³/mol. The third kappa shape index (κ3) is 22.9. The summed E-state index contributed by atoms with van der Waals surface area (Å²) in [7, 11) is -9.13. The molecule has 0 radical (unpaired) electrons. The smallest absolute Gasteiger partial charge is 0.872 e. The fourth-order valence-corrected chi connectivity index (χ4v) is 8.05. The molecular formula is C48H66CaO10S2. The van der Waals surface area contributed by atoms with Crippen molar-refractivity contribution in [3.63, 3.8) is 0 Å². The first kappa shape index (κ1) is 54.3. The summed E-state index contributed by atoms with van der Waals surface area (Å²) in [5.74, 6) is 0.570. The van der Waals surface area contributed by atoms with Gasteiger partial charge in [-0.1, -0.05) is 172 Å². The van der Waals surface area contributed by atoms with E-state index in [-0.39, 0.29) is 55.0 Å². The Morgan fingerprint density at radius 1 is 0.508 bits per heavy atom. The van der Waals surface area contributed by atoms with Crippen LogP contribution in [0.25, 0.3) is 0 Å². The van der Waals surface area contributed by atoms with Crippen molar-refractivity contribution < 1.29 is 45.6 Å². The Morgan fingerprint density at radius 2 is 0.885 bits per heavy atom. The van der Waals surface area contributed by atoms with Crippen molar-refractivity contribution in [1.29, 1.82) is 0 Å². The Labute approximate surface area is 396 Å². The first-order valence-electron chi connectivity index (χ1n) is 21.9. The molecule has 4 aromatic carbocycles. The van der Waals surface area contributed by atoms with Gasteiger partial charge in [-0.3, -0.25) is 4.55 Å². The van der Waals surface area contributed by atoms with E-state index < -0.39 is 35.8 Å². The molecule has 0 aliphatic carbocycles. The van der Waals surface area contributed by atoms with Gasteiger partial charge in [0.05, 0.1) is 4.90 Å². The van der Waals surface area contributed by atoms with Crippen LogP contribution in [0.3, 0.4) is 0 Å². The molecule has 13 heteroatoms. The molecule has 0 aromatic heterocycles. The molecule has 61 heavy (non-hydrogen) atoms. The van der Waals surface area contributed by atoms with Gasteiger partial charge in [0.25, 0.3) is 10.1 Å². The molecule has 0 heterocycles. The number of aromatic hydroxyl groups is 1. The summed E-state index contributed by atoms with van der Waals surface area (Å²) in [6.07, 6.45) is 27.1. The van der Waals surface area contributed by atoms with E-state index in [1.807, 2.05) is 42.5 Å². The van der Waals surface area contributed by atoms with E-state index in [0.717, 1.165) is 61.4 Å². The van der Waals surface area contributed by atoms with Crippen molar-refractivity contribution in [1.82, 2.24) is 0 Å². The van der Waals surface area contributed by atoms with Gasteiger partial charge in [-0.2, -0.15) is 8.42 Å². The second-order valence-corrected chi connectivity index (χ2v) is 18.3. The topological polar surface area (TPSA) is 173 Å². The molecule has 332 valence electrons. The molecule has 4 aromatic rings. The molecule has 0 unspecified atom stereocenters. The van der Waals surface area contributed by atoms with E-state index in [4.69, 9.17) is 9.47 Å². The number of phenolic OH excluding ortho intramolecular Hbond substituents is 1. The number of para-hydroxylation sites is 2. The number of rotatable bonds is 28. The van der Waals surface area contributed by atoms with Crippen molar-refractivity contribution in [3.05, 3.63) is 96.1 Å². The molecule has 2 N–H and O–H groups in total. The minimum Gasteiger partial charge on any atom is -0.872 e. The number of hydrogen-bond donors (Lipinski definition) is 2. The predicted octanol–water partition coefficient (Wildman–Crippen LogP) is 12.4. The maximum absolute atomic E-state index is 11.7.